The third-order valence-electron chi connectivity index (χ3n) is 6.74. The fourth-order valence-corrected chi connectivity index (χ4v) is 4.46. The van der Waals surface area contributed by atoms with Crippen molar-refractivity contribution in [1.82, 2.24) is 15.6 Å². The predicted octanol–water partition coefficient (Wildman–Crippen LogP) is 2.89. The van der Waals surface area contributed by atoms with Gasteiger partial charge in [-0.25, -0.2) is 0 Å². The van der Waals surface area contributed by atoms with Gasteiger partial charge in [-0.05, 0) is 24.5 Å². The summed E-state index contributed by atoms with van der Waals surface area (Å²) in [6, 6.07) is 4.68. The number of carboxylic acid groups (broad SMARTS) is 1. The van der Waals surface area contributed by atoms with E-state index in [2.05, 4.69) is 22.5 Å². The molecule has 38 heavy (non-hydrogen) atoms. The zero-order valence-electron chi connectivity index (χ0n) is 22.3. The Kier molecular flexibility index (Phi) is 13.3. The molecule has 10 nitrogen and oxygen atoms in total. The summed E-state index contributed by atoms with van der Waals surface area (Å²) in [5.41, 5.74) is 13.2. The maximum absolute atomic E-state index is 13.2. The molecular weight excluding hydrogens is 486 g/mol. The average molecular weight is 530 g/mol. The van der Waals surface area contributed by atoms with Crippen LogP contribution in [0.3, 0.4) is 0 Å². The number of aromatic nitrogens is 1. The molecule has 0 aliphatic heterocycles. The van der Waals surface area contributed by atoms with Gasteiger partial charge in [0.05, 0.1) is 6.04 Å². The van der Waals surface area contributed by atoms with E-state index in [1.54, 1.807) is 6.20 Å². The molecule has 1 aromatic carbocycles. The third-order valence-corrected chi connectivity index (χ3v) is 6.74. The number of aliphatic carboxylic acids is 1. The number of carbonyl (C=O) groups is 4. The van der Waals surface area contributed by atoms with E-state index in [0.29, 0.717) is 12.8 Å². The second-order valence-electron chi connectivity index (χ2n) is 9.89. The zero-order chi connectivity index (χ0) is 27.9. The lowest BCUT2D eigenvalue weighted by molar-refractivity contribution is -0.137. The Morgan fingerprint density at radius 2 is 1.53 bits per heavy atom. The number of carboxylic acids is 1. The van der Waals surface area contributed by atoms with Crippen molar-refractivity contribution in [2.24, 2.45) is 11.5 Å². The number of fused-ring (bicyclic) bond motifs is 1. The van der Waals surface area contributed by atoms with Gasteiger partial charge in [-0.2, -0.15) is 0 Å². The van der Waals surface area contributed by atoms with E-state index in [0.717, 1.165) is 35.7 Å². The fraction of sp³-hybridized carbons (Fsp3) is 0.571. The molecule has 0 spiro atoms. The van der Waals surface area contributed by atoms with Crippen LogP contribution in [0.5, 0.6) is 0 Å². The Bertz CT molecular complexity index is 1050. The van der Waals surface area contributed by atoms with E-state index in [9.17, 15) is 19.2 Å². The summed E-state index contributed by atoms with van der Waals surface area (Å²) in [6.45, 7) is 2.18. The van der Waals surface area contributed by atoms with Crippen LogP contribution in [0.2, 0.25) is 0 Å². The van der Waals surface area contributed by atoms with E-state index in [1.807, 2.05) is 24.3 Å². The molecule has 8 N–H and O–H groups in total. The van der Waals surface area contributed by atoms with Gasteiger partial charge in [0.15, 0.2) is 0 Å². The van der Waals surface area contributed by atoms with Crippen molar-refractivity contribution in [1.29, 1.82) is 0 Å². The molecule has 0 bridgehead atoms. The Hall–Kier alpha value is -3.40. The van der Waals surface area contributed by atoms with E-state index in [-0.39, 0.29) is 19.3 Å². The summed E-state index contributed by atoms with van der Waals surface area (Å²) in [4.78, 5) is 52.1. The lowest BCUT2D eigenvalue weighted by Gasteiger charge is -2.23. The maximum Gasteiger partial charge on any atom is 0.303 e. The first-order valence-corrected chi connectivity index (χ1v) is 13.6. The van der Waals surface area contributed by atoms with Crippen molar-refractivity contribution in [3.05, 3.63) is 36.0 Å². The van der Waals surface area contributed by atoms with Gasteiger partial charge in [0.25, 0.3) is 0 Å². The van der Waals surface area contributed by atoms with Crippen LogP contribution < -0.4 is 22.1 Å². The number of hydrogen-bond acceptors (Lipinski definition) is 5. The Morgan fingerprint density at radius 3 is 2.18 bits per heavy atom. The van der Waals surface area contributed by atoms with Crippen molar-refractivity contribution in [3.8, 4) is 0 Å². The largest absolute Gasteiger partial charge is 0.481 e. The highest BCUT2D eigenvalue weighted by atomic mass is 16.4. The first kappa shape index (κ1) is 30.8. The first-order valence-electron chi connectivity index (χ1n) is 13.6. The van der Waals surface area contributed by atoms with Gasteiger partial charge >= 0.3 is 5.97 Å². The maximum atomic E-state index is 13.2. The number of hydrogen-bond donors (Lipinski definition) is 6. The smallest absolute Gasteiger partial charge is 0.303 e. The van der Waals surface area contributed by atoms with E-state index in [1.165, 1.54) is 25.7 Å². The van der Waals surface area contributed by atoms with Crippen LogP contribution in [0.25, 0.3) is 10.9 Å². The molecule has 2 aromatic rings. The van der Waals surface area contributed by atoms with Gasteiger partial charge in [0, 0.05) is 29.9 Å². The topological polar surface area (TPSA) is 180 Å². The molecule has 3 atom stereocenters. The predicted molar refractivity (Wildman–Crippen MR) is 147 cm³/mol. The molecule has 210 valence electrons. The minimum atomic E-state index is -1.06. The van der Waals surface area contributed by atoms with Crippen LogP contribution in [0.15, 0.2) is 30.5 Å². The van der Waals surface area contributed by atoms with Crippen molar-refractivity contribution >= 4 is 34.6 Å². The Balaban J connectivity index is 2.02. The number of nitrogens with one attached hydrogen (secondary N) is 3. The van der Waals surface area contributed by atoms with Crippen molar-refractivity contribution in [3.63, 3.8) is 0 Å². The summed E-state index contributed by atoms with van der Waals surface area (Å²) in [5, 5.41) is 15.2. The van der Waals surface area contributed by atoms with Crippen LogP contribution in [-0.2, 0) is 25.6 Å². The minimum Gasteiger partial charge on any atom is -0.481 e. The molecule has 0 fully saturated rings. The number of para-hydroxylation sites is 1. The lowest BCUT2D eigenvalue weighted by Crippen LogP contribution is -2.55. The van der Waals surface area contributed by atoms with Crippen molar-refractivity contribution in [2.45, 2.75) is 102 Å². The summed E-state index contributed by atoms with van der Waals surface area (Å²) in [7, 11) is 0. The summed E-state index contributed by atoms with van der Waals surface area (Å²) < 4.78 is 0. The number of nitrogens with two attached hydrogens (primary N) is 2. The van der Waals surface area contributed by atoms with Crippen LogP contribution in [0.4, 0.5) is 0 Å². The molecule has 3 amide bonds. The highest BCUT2D eigenvalue weighted by molar-refractivity contribution is 5.93. The SMILES string of the molecule is CCCCCCCCCCC(NC(=O)[C@@H](N)CCC(=O)O)C(=O)N[C@@H](Cc1c[nH]c2ccccc12)C(N)=O. The second-order valence-corrected chi connectivity index (χ2v) is 9.89. The third kappa shape index (κ3) is 10.5. The lowest BCUT2D eigenvalue weighted by atomic mass is 10.0. The van der Waals surface area contributed by atoms with E-state index in [4.69, 9.17) is 16.6 Å². The van der Waals surface area contributed by atoms with E-state index >= 15 is 0 Å². The van der Waals surface area contributed by atoms with Gasteiger partial charge in [-0.3, -0.25) is 19.2 Å². The average Bonchev–Trinajstić information content (AvgIpc) is 3.30. The number of primary amides is 1. The number of amides is 3. The quantitative estimate of drug-likeness (QED) is 0.152. The number of carbonyl (C=O) groups excluding carboxylic acids is 3. The molecule has 2 rings (SSSR count). The van der Waals surface area contributed by atoms with Gasteiger partial charge in [0.2, 0.25) is 17.7 Å². The van der Waals surface area contributed by atoms with Crippen LogP contribution in [0.1, 0.15) is 83.1 Å². The molecule has 0 radical (unpaired) electrons. The molecule has 0 saturated heterocycles. The molecule has 0 aliphatic carbocycles. The van der Waals surface area contributed by atoms with Crippen LogP contribution in [-0.4, -0.2) is 51.9 Å². The number of benzene rings is 1. The Morgan fingerprint density at radius 1 is 0.895 bits per heavy atom. The van der Waals surface area contributed by atoms with Gasteiger partial charge in [-0.15, -0.1) is 0 Å². The molecule has 1 heterocycles. The first-order chi connectivity index (χ1) is 18.2. The standard InChI is InChI=1S/C28H43N5O5/c1-2-3-4-5-6-7-8-9-14-23(32-27(37)21(29)15-16-25(34)35)28(38)33-24(26(30)36)17-19-18-31-22-13-11-10-12-20(19)22/h10-13,18,21,23-24,31H,2-9,14-17,29H2,1H3,(H2,30,36)(H,32,37)(H,33,38)(H,34,35)/t21-,23?,24-/m0/s1. The number of rotatable bonds is 19. The van der Waals surface area contributed by atoms with Crippen molar-refractivity contribution in [2.75, 3.05) is 0 Å². The normalized spacial score (nSPS) is 13.5. The fourth-order valence-electron chi connectivity index (χ4n) is 4.46. The molecule has 0 aliphatic rings. The summed E-state index contributed by atoms with van der Waals surface area (Å²) >= 11 is 0. The highest BCUT2D eigenvalue weighted by Crippen LogP contribution is 2.19. The molecule has 1 unspecified atom stereocenters. The summed E-state index contributed by atoms with van der Waals surface area (Å²) in [5.74, 6) is -2.85. The van der Waals surface area contributed by atoms with Crippen LogP contribution in [0, 0.1) is 0 Å². The highest BCUT2D eigenvalue weighted by Gasteiger charge is 2.28. The number of unbranched alkanes of at least 4 members (excludes halogenated alkanes) is 7. The second kappa shape index (κ2) is 16.4. The zero-order valence-corrected chi connectivity index (χ0v) is 22.3. The molecule has 0 saturated carbocycles. The summed E-state index contributed by atoms with van der Waals surface area (Å²) in [6.07, 6.45) is 10.7. The van der Waals surface area contributed by atoms with Gasteiger partial charge < -0.3 is 32.2 Å². The van der Waals surface area contributed by atoms with Crippen molar-refractivity contribution < 1.29 is 24.3 Å². The molecule has 1 aromatic heterocycles. The van der Waals surface area contributed by atoms with Gasteiger partial charge in [-0.1, -0.05) is 76.5 Å². The Labute approximate surface area is 224 Å². The van der Waals surface area contributed by atoms with Gasteiger partial charge in [0.1, 0.15) is 12.1 Å². The van der Waals surface area contributed by atoms with E-state index < -0.39 is 41.8 Å². The van der Waals surface area contributed by atoms with Crippen LogP contribution >= 0.6 is 0 Å². The number of aromatic amines is 1. The molecule has 10 heteroatoms. The molecular formula is C28H43N5O5. The minimum absolute atomic E-state index is 0.0439. The number of H-pyrrole nitrogens is 1. The monoisotopic (exact) mass is 529 g/mol.